The Bertz CT molecular complexity index is 850. The zero-order chi connectivity index (χ0) is 20.9. The highest BCUT2D eigenvalue weighted by Crippen LogP contribution is 2.31. The molecule has 3 rings (SSSR count). The molecular weight excluding hydrogens is 394 g/mol. The molecule has 0 spiro atoms. The van der Waals surface area contributed by atoms with E-state index in [4.69, 9.17) is 4.74 Å². The molecule has 1 fully saturated rings. The summed E-state index contributed by atoms with van der Waals surface area (Å²) in [6, 6.07) is 4.81. The maximum atomic E-state index is 12.7. The Labute approximate surface area is 172 Å². The Morgan fingerprint density at radius 3 is 2.52 bits per heavy atom. The molecule has 0 radical (unpaired) electrons. The van der Waals surface area contributed by atoms with E-state index < -0.39 is 10.0 Å². The van der Waals surface area contributed by atoms with Crippen molar-refractivity contribution in [1.82, 2.24) is 9.62 Å². The topological polar surface area (TPSA) is 96.0 Å². The number of likely N-dealkylation sites (tertiary alicyclic amines) is 1. The van der Waals surface area contributed by atoms with Crippen molar-refractivity contribution < 1.29 is 22.7 Å². The number of anilines is 1. The smallest absolute Gasteiger partial charge is 0.240 e. The van der Waals surface area contributed by atoms with Crippen molar-refractivity contribution >= 4 is 27.5 Å². The van der Waals surface area contributed by atoms with E-state index in [1.54, 1.807) is 17.0 Å². The minimum Gasteiger partial charge on any atom is -0.383 e. The van der Waals surface area contributed by atoms with E-state index >= 15 is 0 Å². The minimum atomic E-state index is -3.61. The first-order chi connectivity index (χ1) is 13.9. The van der Waals surface area contributed by atoms with Crippen LogP contribution >= 0.6 is 0 Å². The van der Waals surface area contributed by atoms with Crippen LogP contribution in [-0.2, 0) is 30.8 Å². The van der Waals surface area contributed by atoms with Crippen LogP contribution in [0, 0.1) is 0 Å². The molecule has 0 saturated carbocycles. The van der Waals surface area contributed by atoms with Crippen LogP contribution in [0.3, 0.4) is 0 Å². The molecule has 9 heteroatoms. The molecule has 1 saturated heterocycles. The molecule has 0 aromatic heterocycles. The van der Waals surface area contributed by atoms with Crippen LogP contribution in [0.2, 0.25) is 0 Å². The Hall–Kier alpha value is -1.97. The second kappa shape index (κ2) is 9.69. The van der Waals surface area contributed by atoms with Gasteiger partial charge < -0.3 is 14.5 Å². The number of methoxy groups -OCH3 is 1. The first-order valence-electron chi connectivity index (χ1n) is 10.1. The summed E-state index contributed by atoms with van der Waals surface area (Å²) in [6.07, 6.45) is 4.22. The molecule has 0 bridgehead atoms. The monoisotopic (exact) mass is 423 g/mol. The third kappa shape index (κ3) is 5.34. The Morgan fingerprint density at radius 2 is 1.79 bits per heavy atom. The van der Waals surface area contributed by atoms with E-state index in [0.29, 0.717) is 19.6 Å². The molecule has 160 valence electrons. The number of benzene rings is 1. The molecule has 2 heterocycles. The van der Waals surface area contributed by atoms with Crippen LogP contribution in [0.25, 0.3) is 0 Å². The number of nitrogens with one attached hydrogen (secondary N) is 1. The van der Waals surface area contributed by atoms with E-state index in [1.165, 1.54) is 13.2 Å². The Kier molecular flexibility index (Phi) is 7.26. The van der Waals surface area contributed by atoms with Crippen LogP contribution in [0.15, 0.2) is 23.1 Å². The summed E-state index contributed by atoms with van der Waals surface area (Å²) in [4.78, 5) is 28.7. The van der Waals surface area contributed by atoms with E-state index in [1.807, 2.05) is 4.90 Å². The first kappa shape index (κ1) is 21.7. The molecule has 2 amide bonds. The number of amides is 2. The number of nitrogens with zero attached hydrogens (tertiary/aromatic N) is 2. The lowest BCUT2D eigenvalue weighted by atomic mass is 10.1. The molecule has 1 aromatic rings. The Balaban J connectivity index is 1.60. The van der Waals surface area contributed by atoms with Crippen molar-refractivity contribution in [1.29, 1.82) is 0 Å². The minimum absolute atomic E-state index is 0.0426. The van der Waals surface area contributed by atoms with Gasteiger partial charge in [-0.1, -0.05) is 0 Å². The number of hydrogen-bond acceptors (Lipinski definition) is 5. The number of fused-ring (bicyclic) bond motifs is 1. The van der Waals surface area contributed by atoms with Crippen molar-refractivity contribution in [3.05, 3.63) is 23.8 Å². The van der Waals surface area contributed by atoms with E-state index in [9.17, 15) is 18.0 Å². The van der Waals surface area contributed by atoms with Crippen LogP contribution < -0.4 is 9.62 Å². The summed E-state index contributed by atoms with van der Waals surface area (Å²) < 4.78 is 32.1. The van der Waals surface area contributed by atoms with Crippen molar-refractivity contribution in [2.75, 3.05) is 44.8 Å². The van der Waals surface area contributed by atoms with Crippen LogP contribution in [0.1, 0.15) is 37.7 Å². The van der Waals surface area contributed by atoms with Gasteiger partial charge in [-0.05, 0) is 49.4 Å². The second-order valence-electron chi connectivity index (χ2n) is 7.42. The maximum Gasteiger partial charge on any atom is 0.240 e. The molecule has 29 heavy (non-hydrogen) atoms. The van der Waals surface area contributed by atoms with Gasteiger partial charge in [-0.15, -0.1) is 0 Å². The summed E-state index contributed by atoms with van der Waals surface area (Å²) in [7, 11) is -2.10. The predicted octanol–water partition coefficient (Wildman–Crippen LogP) is 1.29. The van der Waals surface area contributed by atoms with Crippen LogP contribution in [-0.4, -0.2) is 65.0 Å². The highest BCUT2D eigenvalue weighted by molar-refractivity contribution is 7.89. The molecule has 1 N–H and O–H groups in total. The number of sulfonamides is 1. The molecule has 1 aromatic carbocycles. The van der Waals surface area contributed by atoms with Gasteiger partial charge in [0.15, 0.2) is 0 Å². The molecule has 2 aliphatic rings. The molecule has 2 aliphatic heterocycles. The average molecular weight is 424 g/mol. The molecule has 0 atom stereocenters. The summed E-state index contributed by atoms with van der Waals surface area (Å²) in [5.74, 6) is -0.0519. The van der Waals surface area contributed by atoms with Crippen molar-refractivity contribution in [2.45, 2.75) is 43.4 Å². The van der Waals surface area contributed by atoms with Gasteiger partial charge >= 0.3 is 0 Å². The quantitative estimate of drug-likeness (QED) is 0.636. The van der Waals surface area contributed by atoms with Crippen molar-refractivity contribution in [3.63, 3.8) is 0 Å². The molecule has 0 aliphatic carbocycles. The largest absolute Gasteiger partial charge is 0.383 e. The van der Waals surface area contributed by atoms with E-state index in [0.717, 1.165) is 43.6 Å². The van der Waals surface area contributed by atoms with Crippen LogP contribution in [0.5, 0.6) is 0 Å². The summed E-state index contributed by atoms with van der Waals surface area (Å²) in [6.45, 7) is 2.57. The van der Waals surface area contributed by atoms with E-state index in [-0.39, 0.29) is 36.1 Å². The normalized spacial score (nSPS) is 16.7. The number of ether oxygens (including phenoxy) is 1. The highest BCUT2D eigenvalue weighted by atomic mass is 32.2. The number of piperidine rings is 1. The lowest BCUT2D eigenvalue weighted by molar-refractivity contribution is -0.133. The van der Waals surface area contributed by atoms with Gasteiger partial charge in [-0.3, -0.25) is 9.59 Å². The van der Waals surface area contributed by atoms with Crippen LogP contribution in [0.4, 0.5) is 5.69 Å². The number of carbonyl (C=O) groups excluding carboxylic acids is 2. The lowest BCUT2D eigenvalue weighted by Gasteiger charge is -2.27. The van der Waals surface area contributed by atoms with Crippen molar-refractivity contribution in [3.8, 4) is 0 Å². The Morgan fingerprint density at radius 1 is 1.07 bits per heavy atom. The summed E-state index contributed by atoms with van der Waals surface area (Å²) in [5.41, 5.74) is 1.56. The average Bonchev–Trinajstić information content (AvgIpc) is 3.16. The van der Waals surface area contributed by atoms with Crippen molar-refractivity contribution in [2.24, 2.45) is 0 Å². The fourth-order valence-corrected chi connectivity index (χ4v) is 4.88. The molecule has 0 unspecified atom stereocenters. The molecule has 8 nitrogen and oxygen atoms in total. The standard InChI is InChI=1S/C20H29N3O5S/c1-28-14-10-21-29(26,27)17-5-6-18-16(15-17)9-13-23(18)20(25)8-7-19(24)22-11-3-2-4-12-22/h5-6,15,21H,2-4,7-14H2,1H3. The van der Waals surface area contributed by atoms with Gasteiger partial charge in [0.25, 0.3) is 0 Å². The maximum absolute atomic E-state index is 12.7. The predicted molar refractivity (Wildman–Crippen MR) is 109 cm³/mol. The van der Waals surface area contributed by atoms with Gasteiger partial charge in [-0.25, -0.2) is 13.1 Å². The zero-order valence-electron chi connectivity index (χ0n) is 16.9. The van der Waals surface area contributed by atoms with Gasteiger partial charge in [0.2, 0.25) is 21.8 Å². The SMILES string of the molecule is COCCNS(=O)(=O)c1ccc2c(c1)CCN2C(=O)CCC(=O)N1CCCCC1. The fourth-order valence-electron chi connectivity index (χ4n) is 3.82. The number of rotatable bonds is 8. The second-order valence-corrected chi connectivity index (χ2v) is 9.18. The van der Waals surface area contributed by atoms with Gasteiger partial charge in [0.05, 0.1) is 11.5 Å². The summed E-state index contributed by atoms with van der Waals surface area (Å²) in [5, 5.41) is 0. The third-order valence-corrected chi connectivity index (χ3v) is 6.88. The summed E-state index contributed by atoms with van der Waals surface area (Å²) >= 11 is 0. The number of hydrogen-bond donors (Lipinski definition) is 1. The number of carbonyl (C=O) groups is 2. The highest BCUT2D eigenvalue weighted by Gasteiger charge is 2.27. The van der Waals surface area contributed by atoms with E-state index in [2.05, 4.69) is 4.72 Å². The van der Waals surface area contributed by atoms with Gasteiger partial charge in [0.1, 0.15) is 0 Å². The fraction of sp³-hybridized carbons (Fsp3) is 0.600. The van der Waals surface area contributed by atoms with Gasteiger partial charge in [-0.2, -0.15) is 0 Å². The van der Waals surface area contributed by atoms with Gasteiger partial charge in [0, 0.05) is 51.8 Å². The molecular formula is C20H29N3O5S. The lowest BCUT2D eigenvalue weighted by Crippen LogP contribution is -2.37. The zero-order valence-corrected chi connectivity index (χ0v) is 17.7. The first-order valence-corrected chi connectivity index (χ1v) is 11.6. The third-order valence-electron chi connectivity index (χ3n) is 5.42.